The van der Waals surface area contributed by atoms with E-state index in [1.807, 2.05) is 0 Å². The number of carboxylic acid groups (broad SMARTS) is 1. The lowest BCUT2D eigenvalue weighted by molar-refractivity contribution is -0.159. The highest BCUT2D eigenvalue weighted by molar-refractivity contribution is 5.83. The number of ketones is 1. The maximum absolute atomic E-state index is 12.0. The zero-order chi connectivity index (χ0) is 15.8. The first kappa shape index (κ1) is 16.8. The second-order valence-electron chi connectivity index (χ2n) is 4.56. The summed E-state index contributed by atoms with van der Waals surface area (Å²) in [6.07, 6.45) is -1.27. The minimum absolute atomic E-state index is 0.271. The van der Waals surface area contributed by atoms with Crippen LogP contribution < -0.4 is 0 Å². The molecule has 1 rings (SSSR count). The second kappa shape index (κ2) is 8.16. The molecule has 6 heteroatoms. The molecule has 0 aromatic heterocycles. The Morgan fingerprint density at radius 1 is 1.19 bits per heavy atom. The maximum Gasteiger partial charge on any atom is 0.339 e. The summed E-state index contributed by atoms with van der Waals surface area (Å²) in [4.78, 5) is 34.0. The Morgan fingerprint density at radius 3 is 2.29 bits per heavy atom. The summed E-state index contributed by atoms with van der Waals surface area (Å²) in [6.45, 7) is 1.000. The van der Waals surface area contributed by atoms with Gasteiger partial charge in [-0.3, -0.25) is 9.59 Å². The van der Waals surface area contributed by atoms with Crippen molar-refractivity contribution in [3.05, 3.63) is 35.9 Å². The molecule has 0 amide bonds. The molecular formula is C15H18O6. The van der Waals surface area contributed by atoms with Gasteiger partial charge < -0.3 is 14.6 Å². The van der Waals surface area contributed by atoms with E-state index in [2.05, 4.69) is 0 Å². The summed E-state index contributed by atoms with van der Waals surface area (Å²) >= 11 is 0. The Balaban J connectivity index is 2.66. The molecule has 114 valence electrons. The number of hydrogen-bond donors (Lipinski definition) is 1. The van der Waals surface area contributed by atoms with Gasteiger partial charge in [0, 0.05) is 7.11 Å². The van der Waals surface area contributed by atoms with Crippen LogP contribution in [0.15, 0.2) is 30.3 Å². The average molecular weight is 294 g/mol. The summed E-state index contributed by atoms with van der Waals surface area (Å²) in [5, 5.41) is 8.71. The largest absolute Gasteiger partial charge is 0.481 e. The molecule has 0 aliphatic rings. The summed E-state index contributed by atoms with van der Waals surface area (Å²) in [5.74, 6) is -2.95. The molecule has 2 atom stereocenters. The lowest BCUT2D eigenvalue weighted by Crippen LogP contribution is -2.26. The van der Waals surface area contributed by atoms with Gasteiger partial charge in [-0.25, -0.2) is 4.79 Å². The smallest absolute Gasteiger partial charge is 0.339 e. The maximum atomic E-state index is 12.0. The van der Waals surface area contributed by atoms with E-state index in [4.69, 9.17) is 14.6 Å². The zero-order valence-electron chi connectivity index (χ0n) is 11.9. The fourth-order valence-electron chi connectivity index (χ4n) is 1.79. The predicted molar refractivity (Wildman–Crippen MR) is 73.6 cm³/mol. The van der Waals surface area contributed by atoms with E-state index in [-0.39, 0.29) is 18.8 Å². The van der Waals surface area contributed by atoms with Gasteiger partial charge in [0.2, 0.25) is 0 Å². The lowest BCUT2D eigenvalue weighted by Gasteiger charge is -2.17. The topological polar surface area (TPSA) is 89.9 Å². The number of benzene rings is 1. The number of carbonyl (C=O) groups is 3. The predicted octanol–water partition coefficient (Wildman–Crippen LogP) is 1.60. The van der Waals surface area contributed by atoms with Crippen molar-refractivity contribution < 1.29 is 29.0 Å². The van der Waals surface area contributed by atoms with Crippen molar-refractivity contribution in [2.45, 2.75) is 19.4 Å². The second-order valence-corrected chi connectivity index (χ2v) is 4.56. The zero-order valence-corrected chi connectivity index (χ0v) is 11.9. The van der Waals surface area contributed by atoms with E-state index >= 15 is 0 Å². The van der Waals surface area contributed by atoms with Gasteiger partial charge >= 0.3 is 11.9 Å². The number of aliphatic carboxylic acids is 1. The van der Waals surface area contributed by atoms with E-state index in [0.717, 1.165) is 0 Å². The number of carboxylic acids is 1. The highest BCUT2D eigenvalue weighted by atomic mass is 16.6. The van der Waals surface area contributed by atoms with Crippen LogP contribution in [0.25, 0.3) is 0 Å². The number of Topliss-reactive ketones (excluding diaryl/α,β-unsaturated/α-hetero) is 1. The standard InChI is InChI=1S/C15H18O6/c1-10(16)12(8-13(17)18)9-21-15(19)14(20-2)11-6-4-3-5-7-11/h3-7,12,14H,8-9H2,1-2H3,(H,17,18). The first-order chi connectivity index (χ1) is 9.95. The average Bonchev–Trinajstić information content (AvgIpc) is 2.44. The normalized spacial score (nSPS) is 13.2. The van der Waals surface area contributed by atoms with Crippen molar-refractivity contribution in [3.63, 3.8) is 0 Å². The highest BCUT2D eigenvalue weighted by Crippen LogP contribution is 2.18. The summed E-state index contributed by atoms with van der Waals surface area (Å²) < 4.78 is 10.1. The lowest BCUT2D eigenvalue weighted by atomic mass is 10.0. The van der Waals surface area contributed by atoms with Gasteiger partial charge in [-0.15, -0.1) is 0 Å². The molecule has 0 heterocycles. The van der Waals surface area contributed by atoms with Crippen molar-refractivity contribution >= 4 is 17.7 Å². The van der Waals surface area contributed by atoms with Crippen LogP contribution in [-0.4, -0.2) is 36.5 Å². The molecule has 0 fully saturated rings. The van der Waals surface area contributed by atoms with Gasteiger partial charge in [-0.05, 0) is 12.5 Å². The third-order valence-corrected chi connectivity index (χ3v) is 2.97. The number of esters is 1. The van der Waals surface area contributed by atoms with Gasteiger partial charge in [0.1, 0.15) is 12.4 Å². The van der Waals surface area contributed by atoms with Crippen LogP contribution in [0, 0.1) is 5.92 Å². The van der Waals surface area contributed by atoms with Gasteiger partial charge in [0.25, 0.3) is 0 Å². The molecule has 0 radical (unpaired) electrons. The van der Waals surface area contributed by atoms with E-state index in [1.165, 1.54) is 14.0 Å². The third kappa shape index (κ3) is 5.35. The fourth-order valence-corrected chi connectivity index (χ4v) is 1.79. The van der Waals surface area contributed by atoms with Gasteiger partial charge in [-0.2, -0.15) is 0 Å². The van der Waals surface area contributed by atoms with E-state index < -0.39 is 24.0 Å². The van der Waals surface area contributed by atoms with Crippen LogP contribution in [0.3, 0.4) is 0 Å². The summed E-state index contributed by atoms with van der Waals surface area (Å²) in [7, 11) is 1.37. The van der Waals surface area contributed by atoms with Crippen LogP contribution in [-0.2, 0) is 23.9 Å². The Morgan fingerprint density at radius 2 is 1.81 bits per heavy atom. The van der Waals surface area contributed by atoms with Crippen LogP contribution in [0.2, 0.25) is 0 Å². The molecule has 0 bridgehead atoms. The Hall–Kier alpha value is -2.21. The SMILES string of the molecule is COC(C(=O)OCC(CC(=O)O)C(C)=O)c1ccccc1. The molecule has 0 aliphatic heterocycles. The molecule has 21 heavy (non-hydrogen) atoms. The van der Waals surface area contributed by atoms with Crippen molar-refractivity contribution in [3.8, 4) is 0 Å². The number of rotatable bonds is 8. The first-order valence-electron chi connectivity index (χ1n) is 6.42. The molecule has 6 nitrogen and oxygen atoms in total. The minimum Gasteiger partial charge on any atom is -0.481 e. The Labute approximate surface area is 122 Å². The van der Waals surface area contributed by atoms with Gasteiger partial charge in [0.15, 0.2) is 6.10 Å². The van der Waals surface area contributed by atoms with Crippen LogP contribution in [0.4, 0.5) is 0 Å². The number of ether oxygens (including phenoxy) is 2. The van der Waals surface area contributed by atoms with Crippen molar-refractivity contribution in [2.24, 2.45) is 5.92 Å². The Bertz CT molecular complexity index is 496. The minimum atomic E-state index is -1.11. The molecule has 0 spiro atoms. The first-order valence-corrected chi connectivity index (χ1v) is 6.42. The molecule has 0 aliphatic carbocycles. The van der Waals surface area contributed by atoms with Gasteiger partial charge in [-0.1, -0.05) is 30.3 Å². The van der Waals surface area contributed by atoms with E-state index in [1.54, 1.807) is 30.3 Å². The highest BCUT2D eigenvalue weighted by Gasteiger charge is 2.25. The third-order valence-electron chi connectivity index (χ3n) is 2.97. The number of carbonyl (C=O) groups excluding carboxylic acids is 2. The molecule has 0 saturated carbocycles. The molecule has 1 aromatic carbocycles. The molecule has 2 unspecified atom stereocenters. The summed E-state index contributed by atoms with van der Waals surface area (Å²) in [5.41, 5.74) is 0.627. The van der Waals surface area contributed by atoms with Crippen LogP contribution in [0.1, 0.15) is 25.0 Å². The number of hydrogen-bond acceptors (Lipinski definition) is 5. The van der Waals surface area contributed by atoms with Crippen LogP contribution in [0.5, 0.6) is 0 Å². The van der Waals surface area contributed by atoms with Gasteiger partial charge in [0.05, 0.1) is 12.3 Å². The van der Waals surface area contributed by atoms with E-state index in [9.17, 15) is 14.4 Å². The van der Waals surface area contributed by atoms with Crippen molar-refractivity contribution in [1.82, 2.24) is 0 Å². The molecular weight excluding hydrogens is 276 g/mol. The molecule has 1 aromatic rings. The monoisotopic (exact) mass is 294 g/mol. The van der Waals surface area contributed by atoms with Crippen molar-refractivity contribution in [1.29, 1.82) is 0 Å². The van der Waals surface area contributed by atoms with Crippen molar-refractivity contribution in [2.75, 3.05) is 13.7 Å². The van der Waals surface area contributed by atoms with Crippen LogP contribution >= 0.6 is 0 Å². The molecule has 1 N–H and O–H groups in total. The number of methoxy groups -OCH3 is 1. The van der Waals surface area contributed by atoms with E-state index in [0.29, 0.717) is 5.56 Å². The quantitative estimate of drug-likeness (QED) is 0.732. The molecule has 0 saturated heterocycles. The Kier molecular flexibility index (Phi) is 6.55. The fraction of sp³-hybridized carbons (Fsp3) is 0.400. The summed E-state index contributed by atoms with van der Waals surface area (Å²) in [6, 6.07) is 8.76.